The van der Waals surface area contributed by atoms with Crippen LogP contribution in [0, 0.1) is 0 Å². The Labute approximate surface area is 170 Å². The molecule has 0 aliphatic heterocycles. The number of nitrogens with one attached hydrogen (secondary N) is 2. The van der Waals surface area contributed by atoms with Crippen molar-refractivity contribution < 1.29 is 8.42 Å². The number of nitrogens with zero attached hydrogens (tertiary/aromatic N) is 4. The number of aromatic nitrogens is 3. The van der Waals surface area contributed by atoms with Crippen molar-refractivity contribution in [3.05, 3.63) is 55.1 Å². The summed E-state index contributed by atoms with van der Waals surface area (Å²) < 4.78 is 26.6. The molecule has 2 aromatic heterocycles. The lowest BCUT2D eigenvalue weighted by Crippen LogP contribution is -2.30. The van der Waals surface area contributed by atoms with Crippen LogP contribution in [0.2, 0.25) is 0 Å². The first-order valence-corrected chi connectivity index (χ1v) is 10.5. The van der Waals surface area contributed by atoms with Gasteiger partial charge >= 0.3 is 0 Å². The highest BCUT2D eigenvalue weighted by atomic mass is 32.2. The predicted octanol–water partition coefficient (Wildman–Crippen LogP) is 2.97. The van der Waals surface area contributed by atoms with E-state index in [1.165, 1.54) is 10.6 Å². The second kappa shape index (κ2) is 8.84. The molecule has 0 saturated carbocycles. The second-order valence-electron chi connectivity index (χ2n) is 6.08. The van der Waals surface area contributed by atoms with Crippen molar-refractivity contribution in [2.24, 2.45) is 0 Å². The lowest BCUT2D eigenvalue weighted by molar-refractivity contribution is 0.445. The van der Waals surface area contributed by atoms with Gasteiger partial charge in [-0.15, -0.1) is 0 Å². The van der Waals surface area contributed by atoms with Crippen molar-refractivity contribution in [1.29, 1.82) is 0 Å². The Balaban J connectivity index is 1.79. The number of sulfonamides is 1. The monoisotopic (exact) mass is 413 g/mol. The Morgan fingerprint density at radius 3 is 1.93 bits per heavy atom. The van der Waals surface area contributed by atoms with E-state index in [9.17, 15) is 8.42 Å². The lowest BCUT2D eigenvalue weighted by atomic mass is 10.3. The van der Waals surface area contributed by atoms with Gasteiger partial charge in [-0.3, -0.25) is 4.98 Å². The van der Waals surface area contributed by atoms with Crippen molar-refractivity contribution in [3.8, 4) is 0 Å². The highest BCUT2D eigenvalue weighted by Gasteiger charge is 2.21. The molecule has 2 heterocycles. The van der Waals surface area contributed by atoms with Gasteiger partial charge in [0.25, 0.3) is 0 Å². The number of rotatable bonds is 8. The molecule has 3 aromatic rings. The standard InChI is InChI=1S/C19H23N7O2S/c1-3-26(4-2)29(27,28)16-7-5-14(6-8-16)24-18-17(20)19(23-13-22-18)25-15-9-11-21-12-10-15/h5-13H,3-4,20H2,1-2H3,(H2,21,22,23,24,25). The fourth-order valence-corrected chi connectivity index (χ4v) is 4.18. The zero-order valence-corrected chi connectivity index (χ0v) is 17.0. The van der Waals surface area contributed by atoms with Crippen LogP contribution in [-0.4, -0.2) is 40.8 Å². The summed E-state index contributed by atoms with van der Waals surface area (Å²) in [6.07, 6.45) is 4.71. The van der Waals surface area contributed by atoms with E-state index in [2.05, 4.69) is 25.6 Å². The molecule has 0 aliphatic carbocycles. The van der Waals surface area contributed by atoms with Gasteiger partial charge in [-0.25, -0.2) is 18.4 Å². The van der Waals surface area contributed by atoms with Crippen LogP contribution in [0.15, 0.2) is 60.0 Å². The number of hydrogen-bond donors (Lipinski definition) is 3. The van der Waals surface area contributed by atoms with Crippen LogP contribution in [0.25, 0.3) is 0 Å². The summed E-state index contributed by atoms with van der Waals surface area (Å²) in [5, 5.41) is 6.21. The summed E-state index contributed by atoms with van der Waals surface area (Å²) in [4.78, 5) is 12.5. The van der Waals surface area contributed by atoms with E-state index in [0.717, 1.165) is 5.69 Å². The van der Waals surface area contributed by atoms with Crippen molar-refractivity contribution in [3.63, 3.8) is 0 Å². The molecule has 0 spiro atoms. The Morgan fingerprint density at radius 1 is 0.897 bits per heavy atom. The second-order valence-corrected chi connectivity index (χ2v) is 8.02. The van der Waals surface area contributed by atoms with Crippen LogP contribution < -0.4 is 16.4 Å². The quantitative estimate of drug-likeness (QED) is 0.514. The van der Waals surface area contributed by atoms with Crippen molar-refractivity contribution >= 4 is 38.7 Å². The van der Waals surface area contributed by atoms with E-state index in [1.54, 1.807) is 48.8 Å². The molecule has 9 nitrogen and oxygen atoms in total. The minimum absolute atomic E-state index is 0.238. The molecule has 0 radical (unpaired) electrons. The Bertz CT molecular complexity index is 1050. The van der Waals surface area contributed by atoms with Gasteiger partial charge in [0.15, 0.2) is 11.6 Å². The Kier molecular flexibility index (Phi) is 6.25. The summed E-state index contributed by atoms with van der Waals surface area (Å²) in [6, 6.07) is 10.1. The number of hydrogen-bond acceptors (Lipinski definition) is 8. The topological polar surface area (TPSA) is 126 Å². The van der Waals surface area contributed by atoms with E-state index >= 15 is 0 Å². The summed E-state index contributed by atoms with van der Waals surface area (Å²) >= 11 is 0. The first kappa shape index (κ1) is 20.5. The fraction of sp³-hybridized carbons (Fsp3) is 0.211. The van der Waals surface area contributed by atoms with Crippen molar-refractivity contribution in [2.75, 3.05) is 29.5 Å². The van der Waals surface area contributed by atoms with Gasteiger partial charge in [-0.1, -0.05) is 13.8 Å². The molecule has 0 atom stereocenters. The first-order valence-electron chi connectivity index (χ1n) is 9.10. The van der Waals surface area contributed by atoms with Gasteiger partial charge in [-0.2, -0.15) is 4.31 Å². The summed E-state index contributed by atoms with van der Waals surface area (Å²) in [7, 11) is -3.50. The van der Waals surface area contributed by atoms with Crippen molar-refractivity contribution in [1.82, 2.24) is 19.3 Å². The molecule has 0 aliphatic rings. The van der Waals surface area contributed by atoms with Crippen molar-refractivity contribution in [2.45, 2.75) is 18.7 Å². The normalized spacial score (nSPS) is 11.4. The van der Waals surface area contributed by atoms with E-state index in [1.807, 2.05) is 13.8 Å². The maximum absolute atomic E-state index is 12.6. The maximum Gasteiger partial charge on any atom is 0.243 e. The van der Waals surface area contributed by atoms with Crippen LogP contribution >= 0.6 is 0 Å². The summed E-state index contributed by atoms with van der Waals surface area (Å²) in [5.41, 5.74) is 7.97. The average molecular weight is 414 g/mol. The fourth-order valence-electron chi connectivity index (χ4n) is 2.73. The number of nitrogens with two attached hydrogens (primary N) is 1. The molecule has 3 rings (SSSR count). The molecule has 29 heavy (non-hydrogen) atoms. The summed E-state index contributed by atoms with van der Waals surface area (Å²) in [6.45, 7) is 4.46. The largest absolute Gasteiger partial charge is 0.393 e. The van der Waals surface area contributed by atoms with Gasteiger partial charge in [0, 0.05) is 36.9 Å². The lowest BCUT2D eigenvalue weighted by Gasteiger charge is -2.18. The molecule has 0 fully saturated rings. The van der Waals surface area contributed by atoms with Crippen LogP contribution in [0.4, 0.5) is 28.7 Å². The number of anilines is 5. The molecular weight excluding hydrogens is 390 g/mol. The zero-order valence-electron chi connectivity index (χ0n) is 16.2. The number of benzene rings is 1. The van der Waals surface area contributed by atoms with E-state index in [4.69, 9.17) is 5.73 Å². The zero-order chi connectivity index (χ0) is 20.9. The average Bonchev–Trinajstić information content (AvgIpc) is 2.73. The SMILES string of the molecule is CCN(CC)S(=O)(=O)c1ccc(Nc2ncnc(Nc3ccncc3)c2N)cc1. The molecule has 10 heteroatoms. The highest BCUT2D eigenvalue weighted by Crippen LogP contribution is 2.28. The molecule has 0 unspecified atom stereocenters. The Morgan fingerprint density at radius 2 is 1.41 bits per heavy atom. The summed E-state index contributed by atoms with van der Waals surface area (Å²) in [5.74, 6) is 0.866. The smallest absolute Gasteiger partial charge is 0.243 e. The molecule has 4 N–H and O–H groups in total. The highest BCUT2D eigenvalue weighted by molar-refractivity contribution is 7.89. The third kappa shape index (κ3) is 4.61. The predicted molar refractivity (Wildman–Crippen MR) is 114 cm³/mol. The molecule has 0 bridgehead atoms. The molecule has 1 aromatic carbocycles. The van der Waals surface area contributed by atoms with Gasteiger partial charge in [-0.05, 0) is 36.4 Å². The van der Waals surface area contributed by atoms with Gasteiger partial charge in [0.1, 0.15) is 12.0 Å². The Hall–Kier alpha value is -3.24. The van der Waals surface area contributed by atoms with E-state index in [-0.39, 0.29) is 4.90 Å². The van der Waals surface area contributed by atoms with Crippen LogP contribution in [-0.2, 0) is 10.0 Å². The van der Waals surface area contributed by atoms with Gasteiger partial charge < -0.3 is 16.4 Å². The van der Waals surface area contributed by atoms with Gasteiger partial charge in [0.2, 0.25) is 10.0 Å². The van der Waals surface area contributed by atoms with E-state index < -0.39 is 10.0 Å². The van der Waals surface area contributed by atoms with Gasteiger partial charge in [0.05, 0.1) is 4.90 Å². The van der Waals surface area contributed by atoms with Crippen LogP contribution in [0.5, 0.6) is 0 Å². The molecular formula is C19H23N7O2S. The molecule has 0 amide bonds. The van der Waals surface area contributed by atoms with Crippen LogP contribution in [0.3, 0.4) is 0 Å². The van der Waals surface area contributed by atoms with E-state index in [0.29, 0.717) is 36.1 Å². The number of nitrogen functional groups attached to an aromatic ring is 1. The molecule has 0 saturated heterocycles. The maximum atomic E-state index is 12.6. The first-order chi connectivity index (χ1) is 14.0. The number of pyridine rings is 1. The minimum atomic E-state index is -3.50. The van der Waals surface area contributed by atoms with Crippen LogP contribution in [0.1, 0.15) is 13.8 Å². The third-order valence-corrected chi connectivity index (χ3v) is 6.35. The molecule has 152 valence electrons. The third-order valence-electron chi connectivity index (χ3n) is 4.29. The minimum Gasteiger partial charge on any atom is -0.393 e.